The zero-order chi connectivity index (χ0) is 13.8. The molecule has 0 amide bonds. The van der Waals surface area contributed by atoms with Crippen molar-refractivity contribution in [2.75, 3.05) is 13.2 Å². The molecule has 2 rings (SSSR count). The average molecular weight is 259 g/mol. The molecule has 0 fully saturated rings. The SMILES string of the molecule is CCOc1ccccc1C(CN)c1cc(C)nn1C. The van der Waals surface area contributed by atoms with E-state index in [1.807, 2.05) is 43.8 Å². The number of aryl methyl sites for hydroxylation is 2. The number of nitrogens with zero attached hydrogens (tertiary/aromatic N) is 2. The molecule has 1 atom stereocenters. The lowest BCUT2D eigenvalue weighted by Crippen LogP contribution is -2.18. The van der Waals surface area contributed by atoms with Crippen LogP contribution in [0.15, 0.2) is 30.3 Å². The summed E-state index contributed by atoms with van der Waals surface area (Å²) in [6, 6.07) is 10.1. The van der Waals surface area contributed by atoms with Crippen LogP contribution in [0.4, 0.5) is 0 Å². The number of ether oxygens (including phenoxy) is 1. The van der Waals surface area contributed by atoms with Crippen LogP contribution in [0.5, 0.6) is 5.75 Å². The molecule has 0 saturated carbocycles. The fourth-order valence-electron chi connectivity index (χ4n) is 2.42. The predicted molar refractivity (Wildman–Crippen MR) is 76.5 cm³/mol. The molecule has 0 aliphatic heterocycles. The van der Waals surface area contributed by atoms with E-state index in [0.29, 0.717) is 13.2 Å². The number of aromatic nitrogens is 2. The van der Waals surface area contributed by atoms with E-state index in [1.54, 1.807) is 0 Å². The Hall–Kier alpha value is -1.81. The van der Waals surface area contributed by atoms with Crippen molar-refractivity contribution in [3.8, 4) is 5.75 Å². The van der Waals surface area contributed by atoms with Gasteiger partial charge in [0.2, 0.25) is 0 Å². The molecule has 0 aliphatic rings. The largest absolute Gasteiger partial charge is 0.494 e. The van der Waals surface area contributed by atoms with Crippen LogP contribution in [0.25, 0.3) is 0 Å². The summed E-state index contributed by atoms with van der Waals surface area (Å²) in [6.45, 7) is 5.16. The third-order valence-corrected chi connectivity index (χ3v) is 3.23. The first-order valence-corrected chi connectivity index (χ1v) is 6.59. The molecule has 1 unspecified atom stereocenters. The van der Waals surface area contributed by atoms with Gasteiger partial charge in [-0.25, -0.2) is 0 Å². The molecule has 102 valence electrons. The molecule has 0 saturated heterocycles. The minimum absolute atomic E-state index is 0.106. The van der Waals surface area contributed by atoms with Crippen molar-refractivity contribution >= 4 is 0 Å². The van der Waals surface area contributed by atoms with E-state index < -0.39 is 0 Å². The second-order valence-electron chi connectivity index (χ2n) is 4.59. The van der Waals surface area contributed by atoms with E-state index in [9.17, 15) is 0 Å². The molecule has 2 aromatic rings. The third-order valence-electron chi connectivity index (χ3n) is 3.23. The van der Waals surface area contributed by atoms with Gasteiger partial charge in [-0.3, -0.25) is 4.68 Å². The number of para-hydroxylation sites is 1. The van der Waals surface area contributed by atoms with Crippen molar-refractivity contribution in [3.05, 3.63) is 47.3 Å². The monoisotopic (exact) mass is 259 g/mol. The Labute approximate surface area is 114 Å². The Morgan fingerprint density at radius 3 is 2.68 bits per heavy atom. The average Bonchev–Trinajstić information content (AvgIpc) is 2.72. The van der Waals surface area contributed by atoms with E-state index in [0.717, 1.165) is 22.7 Å². The molecular formula is C15H21N3O. The van der Waals surface area contributed by atoms with Gasteiger partial charge in [-0.15, -0.1) is 0 Å². The maximum atomic E-state index is 5.98. The van der Waals surface area contributed by atoms with Crippen molar-refractivity contribution in [2.45, 2.75) is 19.8 Å². The smallest absolute Gasteiger partial charge is 0.123 e. The molecule has 1 heterocycles. The van der Waals surface area contributed by atoms with Gasteiger partial charge in [0, 0.05) is 30.8 Å². The normalized spacial score (nSPS) is 12.4. The summed E-state index contributed by atoms with van der Waals surface area (Å²) in [4.78, 5) is 0. The first-order valence-electron chi connectivity index (χ1n) is 6.59. The Balaban J connectivity index is 2.45. The zero-order valence-electron chi connectivity index (χ0n) is 11.8. The maximum Gasteiger partial charge on any atom is 0.123 e. The number of nitrogens with two attached hydrogens (primary N) is 1. The van der Waals surface area contributed by atoms with Crippen molar-refractivity contribution < 1.29 is 4.74 Å². The van der Waals surface area contributed by atoms with Gasteiger partial charge in [-0.2, -0.15) is 5.10 Å². The minimum atomic E-state index is 0.106. The number of hydrogen-bond donors (Lipinski definition) is 1. The minimum Gasteiger partial charge on any atom is -0.494 e. The van der Waals surface area contributed by atoms with Gasteiger partial charge >= 0.3 is 0 Å². The quantitative estimate of drug-likeness (QED) is 0.895. The summed E-state index contributed by atoms with van der Waals surface area (Å²) in [6.07, 6.45) is 0. The maximum absolute atomic E-state index is 5.98. The highest BCUT2D eigenvalue weighted by molar-refractivity contribution is 5.41. The van der Waals surface area contributed by atoms with Crippen molar-refractivity contribution in [2.24, 2.45) is 12.8 Å². The third kappa shape index (κ3) is 2.79. The summed E-state index contributed by atoms with van der Waals surface area (Å²) in [7, 11) is 1.95. The summed E-state index contributed by atoms with van der Waals surface area (Å²) in [5, 5.41) is 4.40. The van der Waals surface area contributed by atoms with Crippen molar-refractivity contribution in [1.29, 1.82) is 0 Å². The molecule has 1 aromatic carbocycles. The van der Waals surface area contributed by atoms with Gasteiger partial charge < -0.3 is 10.5 Å². The molecular weight excluding hydrogens is 238 g/mol. The fourth-order valence-corrected chi connectivity index (χ4v) is 2.42. The molecule has 0 aliphatic carbocycles. The zero-order valence-corrected chi connectivity index (χ0v) is 11.8. The lowest BCUT2D eigenvalue weighted by molar-refractivity contribution is 0.335. The van der Waals surface area contributed by atoms with Gasteiger partial charge in [0.05, 0.1) is 12.3 Å². The van der Waals surface area contributed by atoms with E-state index in [-0.39, 0.29) is 5.92 Å². The highest BCUT2D eigenvalue weighted by Crippen LogP contribution is 2.31. The van der Waals surface area contributed by atoms with Crippen LogP contribution in [0.3, 0.4) is 0 Å². The van der Waals surface area contributed by atoms with Crippen LogP contribution in [0.2, 0.25) is 0 Å². The Morgan fingerprint density at radius 1 is 1.37 bits per heavy atom. The van der Waals surface area contributed by atoms with Gasteiger partial charge in [0.15, 0.2) is 0 Å². The second-order valence-corrected chi connectivity index (χ2v) is 4.59. The Kier molecular flexibility index (Phi) is 4.22. The van der Waals surface area contributed by atoms with Crippen molar-refractivity contribution in [3.63, 3.8) is 0 Å². The van der Waals surface area contributed by atoms with Crippen LogP contribution in [-0.2, 0) is 7.05 Å². The number of rotatable bonds is 5. The topological polar surface area (TPSA) is 53.1 Å². The molecule has 4 heteroatoms. The molecule has 19 heavy (non-hydrogen) atoms. The van der Waals surface area contributed by atoms with E-state index >= 15 is 0 Å². The molecule has 0 bridgehead atoms. The van der Waals surface area contributed by atoms with Gasteiger partial charge in [0.25, 0.3) is 0 Å². The van der Waals surface area contributed by atoms with E-state index in [1.165, 1.54) is 0 Å². The lowest BCUT2D eigenvalue weighted by atomic mass is 9.94. The van der Waals surface area contributed by atoms with Crippen LogP contribution >= 0.6 is 0 Å². The summed E-state index contributed by atoms with van der Waals surface area (Å²) < 4.78 is 7.60. The Morgan fingerprint density at radius 2 is 2.11 bits per heavy atom. The number of hydrogen-bond acceptors (Lipinski definition) is 3. The highest BCUT2D eigenvalue weighted by atomic mass is 16.5. The molecule has 1 aromatic heterocycles. The van der Waals surface area contributed by atoms with Crippen molar-refractivity contribution in [1.82, 2.24) is 9.78 Å². The van der Waals surface area contributed by atoms with Crippen LogP contribution in [0, 0.1) is 6.92 Å². The van der Waals surface area contributed by atoms with E-state index in [2.05, 4.69) is 17.2 Å². The first kappa shape index (κ1) is 13.6. The summed E-state index contributed by atoms with van der Waals surface area (Å²) >= 11 is 0. The standard InChI is InChI=1S/C15H21N3O/c1-4-19-15-8-6-5-7-12(15)13(10-16)14-9-11(2)17-18(14)3/h5-9,13H,4,10,16H2,1-3H3. The van der Waals surface area contributed by atoms with E-state index in [4.69, 9.17) is 10.5 Å². The Bertz CT molecular complexity index is 548. The molecule has 4 nitrogen and oxygen atoms in total. The van der Waals surface area contributed by atoms with Crippen LogP contribution < -0.4 is 10.5 Å². The van der Waals surface area contributed by atoms with Gasteiger partial charge in [-0.1, -0.05) is 18.2 Å². The second kappa shape index (κ2) is 5.89. The highest BCUT2D eigenvalue weighted by Gasteiger charge is 2.20. The van der Waals surface area contributed by atoms with Crippen LogP contribution in [-0.4, -0.2) is 22.9 Å². The number of benzene rings is 1. The predicted octanol–water partition coefficient (Wildman–Crippen LogP) is 2.22. The lowest BCUT2D eigenvalue weighted by Gasteiger charge is -2.19. The van der Waals surface area contributed by atoms with Crippen LogP contribution in [0.1, 0.15) is 29.8 Å². The molecule has 2 N–H and O–H groups in total. The molecule has 0 spiro atoms. The first-order chi connectivity index (χ1) is 9.17. The molecule has 0 radical (unpaired) electrons. The fraction of sp³-hybridized carbons (Fsp3) is 0.400. The summed E-state index contributed by atoms with van der Waals surface area (Å²) in [5.41, 5.74) is 9.23. The summed E-state index contributed by atoms with van der Waals surface area (Å²) in [5.74, 6) is 1.01. The van der Waals surface area contributed by atoms with Gasteiger partial charge in [-0.05, 0) is 26.0 Å². The van der Waals surface area contributed by atoms with Gasteiger partial charge in [0.1, 0.15) is 5.75 Å².